The van der Waals surface area contributed by atoms with Crippen LogP contribution in [-0.2, 0) is 16.0 Å². The predicted octanol–water partition coefficient (Wildman–Crippen LogP) is 2.88. The third kappa shape index (κ3) is 2.96. The van der Waals surface area contributed by atoms with E-state index >= 15 is 0 Å². The Morgan fingerprint density at radius 1 is 1.29 bits per heavy atom. The van der Waals surface area contributed by atoms with Crippen LogP contribution in [0.25, 0.3) is 0 Å². The van der Waals surface area contributed by atoms with Gasteiger partial charge in [0.1, 0.15) is 5.82 Å². The van der Waals surface area contributed by atoms with E-state index < -0.39 is 28.6 Å². The summed E-state index contributed by atoms with van der Waals surface area (Å²) in [6, 6.07) is 5.73. The lowest BCUT2D eigenvalue weighted by Crippen LogP contribution is -2.43. The van der Waals surface area contributed by atoms with Gasteiger partial charge in [-0.1, -0.05) is 24.3 Å². The number of halogens is 1. The summed E-state index contributed by atoms with van der Waals surface area (Å²) in [6.07, 6.45) is 3.49. The molecule has 1 aromatic carbocycles. The number of hydrogen-bond acceptors (Lipinski definition) is 2. The molecule has 0 aromatic heterocycles. The summed E-state index contributed by atoms with van der Waals surface area (Å²) < 4.78 is 13.3. The van der Waals surface area contributed by atoms with Crippen LogP contribution in [0.2, 0.25) is 0 Å². The van der Waals surface area contributed by atoms with E-state index in [1.165, 1.54) is 18.2 Å². The van der Waals surface area contributed by atoms with Gasteiger partial charge in [-0.25, -0.2) is 4.39 Å². The Hall–Kier alpha value is -2.17. The second-order valence-corrected chi connectivity index (χ2v) is 5.92. The molecule has 0 heterocycles. The molecular weight excluding hydrogens is 275 g/mol. The van der Waals surface area contributed by atoms with Gasteiger partial charge in [0.05, 0.1) is 10.8 Å². The standard InChI is InChI=1S/C16H17FO4/c1-15(13(18)19)6-3-7-16(10-15,14(20)21)9-11-4-2-5-12(17)8-11/h2-5,7-8H,6,9-10H2,1H3,(H,18,19)(H,20,21). The number of carbonyl (C=O) groups is 2. The second kappa shape index (κ2) is 5.31. The highest BCUT2D eigenvalue weighted by molar-refractivity contribution is 5.81. The molecule has 0 saturated heterocycles. The molecular formula is C16H17FO4. The van der Waals surface area contributed by atoms with Crippen molar-refractivity contribution in [2.45, 2.75) is 26.2 Å². The first-order chi connectivity index (χ1) is 9.77. The van der Waals surface area contributed by atoms with Crippen molar-refractivity contribution in [2.75, 3.05) is 0 Å². The maximum absolute atomic E-state index is 13.3. The number of benzene rings is 1. The predicted molar refractivity (Wildman–Crippen MR) is 74.3 cm³/mol. The van der Waals surface area contributed by atoms with Gasteiger partial charge in [0.2, 0.25) is 0 Å². The number of aliphatic carboxylic acids is 2. The van der Waals surface area contributed by atoms with Gasteiger partial charge in [0.25, 0.3) is 0 Å². The van der Waals surface area contributed by atoms with Crippen molar-refractivity contribution in [1.29, 1.82) is 0 Å². The highest BCUT2D eigenvalue weighted by atomic mass is 19.1. The van der Waals surface area contributed by atoms with Crippen LogP contribution in [0.15, 0.2) is 36.4 Å². The number of allylic oxidation sites excluding steroid dienone is 1. The number of hydrogen-bond donors (Lipinski definition) is 2. The van der Waals surface area contributed by atoms with Crippen molar-refractivity contribution in [3.05, 3.63) is 47.8 Å². The molecule has 112 valence electrons. The second-order valence-electron chi connectivity index (χ2n) is 5.92. The molecule has 0 radical (unpaired) electrons. The molecule has 0 bridgehead atoms. The lowest BCUT2D eigenvalue weighted by Gasteiger charge is -2.38. The fraction of sp³-hybridized carbons (Fsp3) is 0.375. The zero-order chi connectivity index (χ0) is 15.7. The van der Waals surface area contributed by atoms with Crippen LogP contribution in [-0.4, -0.2) is 22.2 Å². The number of carboxylic acid groups (broad SMARTS) is 2. The quantitative estimate of drug-likeness (QED) is 0.837. The van der Waals surface area contributed by atoms with E-state index in [0.29, 0.717) is 12.0 Å². The molecule has 5 heteroatoms. The summed E-state index contributed by atoms with van der Waals surface area (Å²) in [6.45, 7) is 1.54. The molecule has 0 saturated carbocycles. The highest BCUT2D eigenvalue weighted by Gasteiger charge is 2.48. The van der Waals surface area contributed by atoms with Crippen LogP contribution in [0.5, 0.6) is 0 Å². The lowest BCUT2D eigenvalue weighted by atomic mass is 9.64. The van der Waals surface area contributed by atoms with Crippen LogP contribution >= 0.6 is 0 Å². The summed E-state index contributed by atoms with van der Waals surface area (Å²) in [5, 5.41) is 18.9. The van der Waals surface area contributed by atoms with Crippen molar-refractivity contribution in [1.82, 2.24) is 0 Å². The van der Waals surface area contributed by atoms with Crippen molar-refractivity contribution in [3.63, 3.8) is 0 Å². The van der Waals surface area contributed by atoms with Crippen molar-refractivity contribution < 1.29 is 24.2 Å². The van der Waals surface area contributed by atoms with E-state index in [9.17, 15) is 24.2 Å². The minimum absolute atomic E-state index is 0.0162. The average molecular weight is 292 g/mol. The maximum atomic E-state index is 13.3. The molecule has 21 heavy (non-hydrogen) atoms. The van der Waals surface area contributed by atoms with Gasteiger partial charge in [-0.05, 0) is 43.9 Å². The third-order valence-electron chi connectivity index (χ3n) is 4.06. The molecule has 4 nitrogen and oxygen atoms in total. The summed E-state index contributed by atoms with van der Waals surface area (Å²) in [5.41, 5.74) is -1.91. The molecule has 2 N–H and O–H groups in total. The zero-order valence-electron chi connectivity index (χ0n) is 11.7. The highest BCUT2D eigenvalue weighted by Crippen LogP contribution is 2.44. The van der Waals surface area contributed by atoms with Gasteiger partial charge < -0.3 is 10.2 Å². The largest absolute Gasteiger partial charge is 0.481 e. The molecule has 0 amide bonds. The van der Waals surface area contributed by atoms with E-state index in [0.717, 1.165) is 0 Å². The molecule has 1 aliphatic carbocycles. The summed E-state index contributed by atoms with van der Waals surface area (Å²) in [5.74, 6) is -2.54. The smallest absolute Gasteiger partial charge is 0.313 e. The maximum Gasteiger partial charge on any atom is 0.313 e. The number of carboxylic acids is 2. The Labute approximate surface area is 121 Å². The van der Waals surface area contributed by atoms with Crippen molar-refractivity contribution in [2.24, 2.45) is 10.8 Å². The Bertz CT molecular complexity index is 610. The van der Waals surface area contributed by atoms with E-state index in [1.54, 1.807) is 25.1 Å². The van der Waals surface area contributed by atoms with Crippen LogP contribution in [0.3, 0.4) is 0 Å². The van der Waals surface area contributed by atoms with Crippen LogP contribution in [0.1, 0.15) is 25.3 Å². The Kier molecular flexibility index (Phi) is 3.85. The fourth-order valence-electron chi connectivity index (χ4n) is 2.89. The molecule has 0 spiro atoms. The Morgan fingerprint density at radius 3 is 2.57 bits per heavy atom. The third-order valence-corrected chi connectivity index (χ3v) is 4.06. The molecule has 2 unspecified atom stereocenters. The van der Waals surface area contributed by atoms with Gasteiger partial charge in [0, 0.05) is 0 Å². The SMILES string of the molecule is CC1(C(=O)O)CC=CC(Cc2cccc(F)c2)(C(=O)O)C1. The Balaban J connectivity index is 2.38. The first-order valence-electron chi connectivity index (χ1n) is 6.66. The van der Waals surface area contributed by atoms with Gasteiger partial charge >= 0.3 is 11.9 Å². The summed E-state index contributed by atoms with van der Waals surface area (Å²) in [4.78, 5) is 23.1. The van der Waals surface area contributed by atoms with Crippen LogP contribution in [0, 0.1) is 16.6 Å². The van der Waals surface area contributed by atoms with Crippen molar-refractivity contribution >= 4 is 11.9 Å². The first kappa shape index (κ1) is 15.2. The molecule has 0 fully saturated rings. The van der Waals surface area contributed by atoms with Gasteiger partial charge in [0.15, 0.2) is 0 Å². The van der Waals surface area contributed by atoms with Gasteiger partial charge in [-0.2, -0.15) is 0 Å². The van der Waals surface area contributed by atoms with E-state index in [2.05, 4.69) is 0 Å². The lowest BCUT2D eigenvalue weighted by molar-refractivity contribution is -0.155. The minimum atomic E-state index is -1.32. The van der Waals surface area contributed by atoms with Gasteiger partial charge in [-0.3, -0.25) is 9.59 Å². The van der Waals surface area contributed by atoms with Crippen molar-refractivity contribution in [3.8, 4) is 0 Å². The van der Waals surface area contributed by atoms with E-state index in [4.69, 9.17) is 0 Å². The molecule has 0 aliphatic heterocycles. The van der Waals surface area contributed by atoms with Crippen LogP contribution < -0.4 is 0 Å². The monoisotopic (exact) mass is 292 g/mol. The average Bonchev–Trinajstić information content (AvgIpc) is 2.38. The summed E-state index contributed by atoms with van der Waals surface area (Å²) >= 11 is 0. The molecule has 1 aliphatic rings. The topological polar surface area (TPSA) is 74.6 Å². The molecule has 1 aromatic rings. The number of rotatable bonds is 4. The molecule has 2 rings (SSSR count). The van der Waals surface area contributed by atoms with E-state index in [-0.39, 0.29) is 12.8 Å². The van der Waals surface area contributed by atoms with Crippen LogP contribution in [0.4, 0.5) is 4.39 Å². The first-order valence-corrected chi connectivity index (χ1v) is 6.66. The van der Waals surface area contributed by atoms with E-state index in [1.807, 2.05) is 0 Å². The normalized spacial score (nSPS) is 28.3. The summed E-state index contributed by atoms with van der Waals surface area (Å²) in [7, 11) is 0. The molecule has 2 atom stereocenters. The minimum Gasteiger partial charge on any atom is -0.481 e. The zero-order valence-corrected chi connectivity index (χ0v) is 11.7. The Morgan fingerprint density at radius 2 is 2.00 bits per heavy atom. The van der Waals surface area contributed by atoms with Gasteiger partial charge in [-0.15, -0.1) is 0 Å². The fourth-order valence-corrected chi connectivity index (χ4v) is 2.89.